The van der Waals surface area contributed by atoms with Crippen molar-refractivity contribution in [2.24, 2.45) is 0 Å². The fourth-order valence-corrected chi connectivity index (χ4v) is 3.40. The number of thiophene rings is 1. The summed E-state index contributed by atoms with van der Waals surface area (Å²) in [6.07, 6.45) is 3.01. The molecule has 1 aromatic carbocycles. The number of nitrogens with zero attached hydrogens (tertiary/aromatic N) is 1. The summed E-state index contributed by atoms with van der Waals surface area (Å²) in [6, 6.07) is 13.0. The Morgan fingerprint density at radius 3 is 2.72 bits per heavy atom. The molecule has 128 valence electrons. The number of fused-ring (bicyclic) bond motifs is 1. The molecule has 0 saturated heterocycles. The van der Waals surface area contributed by atoms with Crippen molar-refractivity contribution in [3.63, 3.8) is 0 Å². The summed E-state index contributed by atoms with van der Waals surface area (Å²) in [5.41, 5.74) is -0.840. The van der Waals surface area contributed by atoms with E-state index in [-0.39, 0.29) is 6.54 Å². The third-order valence-electron chi connectivity index (χ3n) is 3.68. The van der Waals surface area contributed by atoms with Gasteiger partial charge >= 0.3 is 11.8 Å². The SMILES string of the molecule is C[C@@](O)(CNC(=O)C(=O)Nc1cccnc1)c1cc2ccccc2s1. The van der Waals surface area contributed by atoms with E-state index in [1.54, 1.807) is 25.3 Å². The van der Waals surface area contributed by atoms with E-state index < -0.39 is 17.4 Å². The maximum Gasteiger partial charge on any atom is 0.313 e. The molecule has 0 aliphatic rings. The average Bonchev–Trinajstić information content (AvgIpc) is 3.06. The van der Waals surface area contributed by atoms with E-state index >= 15 is 0 Å². The highest BCUT2D eigenvalue weighted by Crippen LogP contribution is 2.32. The van der Waals surface area contributed by atoms with Gasteiger partial charge in [-0.05, 0) is 36.6 Å². The molecule has 6 nitrogen and oxygen atoms in total. The van der Waals surface area contributed by atoms with Crippen molar-refractivity contribution in [1.29, 1.82) is 0 Å². The number of hydrogen-bond donors (Lipinski definition) is 3. The van der Waals surface area contributed by atoms with Crippen LogP contribution in [-0.2, 0) is 15.2 Å². The van der Waals surface area contributed by atoms with E-state index in [9.17, 15) is 14.7 Å². The summed E-state index contributed by atoms with van der Waals surface area (Å²) < 4.78 is 1.05. The largest absolute Gasteiger partial charge is 0.383 e. The summed E-state index contributed by atoms with van der Waals surface area (Å²) in [7, 11) is 0. The van der Waals surface area contributed by atoms with Crippen molar-refractivity contribution in [2.75, 3.05) is 11.9 Å². The Morgan fingerprint density at radius 1 is 1.20 bits per heavy atom. The highest BCUT2D eigenvalue weighted by molar-refractivity contribution is 7.19. The lowest BCUT2D eigenvalue weighted by Gasteiger charge is -2.22. The standard InChI is InChI=1S/C18H17N3O3S/c1-18(24,15-9-12-5-2-3-7-14(12)25-15)11-20-16(22)17(23)21-13-6-4-8-19-10-13/h2-10,24H,11H2,1H3,(H,20,22)(H,21,23)/t18-/m1/s1. The Labute approximate surface area is 148 Å². The first-order valence-electron chi connectivity index (χ1n) is 7.66. The van der Waals surface area contributed by atoms with E-state index in [0.29, 0.717) is 5.69 Å². The Balaban J connectivity index is 1.63. The highest BCUT2D eigenvalue weighted by atomic mass is 32.1. The minimum atomic E-state index is -1.27. The fraction of sp³-hybridized carbons (Fsp3) is 0.167. The molecular formula is C18H17N3O3S. The van der Waals surface area contributed by atoms with E-state index in [0.717, 1.165) is 15.0 Å². The molecule has 0 spiro atoms. The third kappa shape index (κ3) is 4.01. The van der Waals surface area contributed by atoms with E-state index in [2.05, 4.69) is 15.6 Å². The smallest absolute Gasteiger partial charge is 0.313 e. The van der Waals surface area contributed by atoms with Crippen LogP contribution in [0.2, 0.25) is 0 Å². The van der Waals surface area contributed by atoms with Gasteiger partial charge in [-0.15, -0.1) is 11.3 Å². The van der Waals surface area contributed by atoms with Crippen LogP contribution >= 0.6 is 11.3 Å². The van der Waals surface area contributed by atoms with Crippen molar-refractivity contribution in [3.05, 3.63) is 59.7 Å². The maximum absolute atomic E-state index is 11.9. The summed E-state index contributed by atoms with van der Waals surface area (Å²) >= 11 is 1.46. The molecule has 0 radical (unpaired) electrons. The zero-order valence-corrected chi connectivity index (χ0v) is 14.3. The van der Waals surface area contributed by atoms with Gasteiger partial charge in [0.15, 0.2) is 0 Å². The van der Waals surface area contributed by atoms with Gasteiger partial charge in [-0.2, -0.15) is 0 Å². The zero-order valence-electron chi connectivity index (χ0n) is 13.5. The molecule has 2 aromatic heterocycles. The predicted octanol–water partition coefficient (Wildman–Crippen LogP) is 2.26. The monoisotopic (exact) mass is 355 g/mol. The van der Waals surface area contributed by atoms with Gasteiger partial charge in [0.2, 0.25) is 0 Å². The zero-order chi connectivity index (χ0) is 17.9. The lowest BCUT2D eigenvalue weighted by atomic mass is 10.0. The van der Waals surface area contributed by atoms with Gasteiger partial charge < -0.3 is 15.7 Å². The number of benzene rings is 1. The summed E-state index contributed by atoms with van der Waals surface area (Å²) in [4.78, 5) is 28.4. The third-order valence-corrected chi connectivity index (χ3v) is 5.04. The molecule has 0 aliphatic heterocycles. The molecule has 3 aromatic rings. The van der Waals surface area contributed by atoms with Crippen LogP contribution < -0.4 is 10.6 Å². The van der Waals surface area contributed by atoms with Gasteiger partial charge in [-0.1, -0.05) is 18.2 Å². The van der Waals surface area contributed by atoms with Crippen molar-refractivity contribution in [2.45, 2.75) is 12.5 Å². The lowest BCUT2D eigenvalue weighted by Crippen LogP contribution is -2.42. The Morgan fingerprint density at radius 2 is 2.00 bits per heavy atom. The topological polar surface area (TPSA) is 91.3 Å². The van der Waals surface area contributed by atoms with E-state index in [1.165, 1.54) is 17.5 Å². The summed E-state index contributed by atoms with van der Waals surface area (Å²) in [5, 5.41) is 16.6. The normalized spacial score (nSPS) is 13.2. The molecule has 25 heavy (non-hydrogen) atoms. The molecule has 0 unspecified atom stereocenters. The minimum absolute atomic E-state index is 0.0703. The van der Waals surface area contributed by atoms with E-state index in [1.807, 2.05) is 30.3 Å². The molecule has 0 bridgehead atoms. The van der Waals surface area contributed by atoms with Crippen LogP contribution in [0.25, 0.3) is 10.1 Å². The molecule has 1 atom stereocenters. The Kier molecular flexibility index (Phi) is 4.78. The van der Waals surface area contributed by atoms with Crippen molar-refractivity contribution >= 4 is 38.9 Å². The van der Waals surface area contributed by atoms with Crippen molar-refractivity contribution < 1.29 is 14.7 Å². The Bertz CT molecular complexity index is 873. The number of pyridine rings is 1. The first kappa shape index (κ1) is 17.1. The molecule has 3 rings (SSSR count). The van der Waals surface area contributed by atoms with Crippen LogP contribution in [0.5, 0.6) is 0 Å². The number of amides is 2. The predicted molar refractivity (Wildman–Crippen MR) is 97.3 cm³/mol. The second kappa shape index (κ2) is 7.00. The fourth-order valence-electron chi connectivity index (χ4n) is 2.29. The van der Waals surface area contributed by atoms with E-state index in [4.69, 9.17) is 0 Å². The minimum Gasteiger partial charge on any atom is -0.383 e. The first-order chi connectivity index (χ1) is 12.0. The number of anilines is 1. The number of hydrogen-bond acceptors (Lipinski definition) is 5. The van der Waals surface area contributed by atoms with Crippen molar-refractivity contribution in [1.82, 2.24) is 10.3 Å². The number of carbonyl (C=O) groups excluding carboxylic acids is 2. The molecule has 7 heteroatoms. The molecule has 3 N–H and O–H groups in total. The number of carbonyl (C=O) groups is 2. The lowest BCUT2D eigenvalue weighted by molar-refractivity contribution is -0.136. The van der Waals surface area contributed by atoms with Crippen LogP contribution in [0.3, 0.4) is 0 Å². The Hall–Kier alpha value is -2.77. The number of nitrogens with one attached hydrogen (secondary N) is 2. The quantitative estimate of drug-likeness (QED) is 0.626. The van der Waals surface area contributed by atoms with Gasteiger partial charge in [0.05, 0.1) is 18.4 Å². The molecule has 0 aliphatic carbocycles. The molecular weight excluding hydrogens is 338 g/mol. The first-order valence-corrected chi connectivity index (χ1v) is 8.48. The molecule has 0 fully saturated rings. The van der Waals surface area contributed by atoms with Crippen LogP contribution in [0.4, 0.5) is 5.69 Å². The molecule has 2 amide bonds. The molecule has 2 heterocycles. The molecule has 0 saturated carbocycles. The maximum atomic E-state index is 11.9. The van der Waals surface area contributed by atoms with Crippen LogP contribution in [0.1, 0.15) is 11.8 Å². The second-order valence-electron chi connectivity index (χ2n) is 5.80. The van der Waals surface area contributed by atoms with Gasteiger partial charge in [0, 0.05) is 15.8 Å². The van der Waals surface area contributed by atoms with Gasteiger partial charge in [0.25, 0.3) is 0 Å². The summed E-state index contributed by atoms with van der Waals surface area (Å²) in [6.45, 7) is 1.54. The highest BCUT2D eigenvalue weighted by Gasteiger charge is 2.27. The van der Waals surface area contributed by atoms with Gasteiger partial charge in [0.1, 0.15) is 5.60 Å². The van der Waals surface area contributed by atoms with Crippen LogP contribution in [0.15, 0.2) is 54.9 Å². The average molecular weight is 355 g/mol. The number of aliphatic hydroxyl groups is 1. The number of aromatic nitrogens is 1. The van der Waals surface area contributed by atoms with Crippen molar-refractivity contribution in [3.8, 4) is 0 Å². The number of rotatable bonds is 4. The summed E-state index contributed by atoms with van der Waals surface area (Å²) in [5.74, 6) is -1.62. The van der Waals surface area contributed by atoms with Crippen LogP contribution in [-0.4, -0.2) is 28.4 Å². The van der Waals surface area contributed by atoms with Gasteiger partial charge in [-0.3, -0.25) is 14.6 Å². The van der Waals surface area contributed by atoms with Gasteiger partial charge in [-0.25, -0.2) is 0 Å². The van der Waals surface area contributed by atoms with Crippen LogP contribution in [0, 0.1) is 0 Å². The second-order valence-corrected chi connectivity index (χ2v) is 6.88.